The van der Waals surface area contributed by atoms with Crippen LogP contribution in [0.5, 0.6) is 0 Å². The second-order valence-electron chi connectivity index (χ2n) is 7.88. The first kappa shape index (κ1) is 25.1. The second-order valence-corrected chi connectivity index (χ2v) is 9.20. The number of halogens is 3. The van der Waals surface area contributed by atoms with Crippen molar-refractivity contribution in [3.63, 3.8) is 0 Å². The van der Waals surface area contributed by atoms with Gasteiger partial charge in [-0.05, 0) is 72.4 Å². The molecule has 33 heavy (non-hydrogen) atoms. The Bertz CT molecular complexity index is 1070. The molecule has 2 aromatic heterocycles. The van der Waals surface area contributed by atoms with E-state index in [0.717, 1.165) is 22.9 Å². The lowest BCUT2D eigenvalue weighted by Gasteiger charge is -2.43. The molecule has 1 fully saturated rings. The van der Waals surface area contributed by atoms with E-state index in [1.54, 1.807) is 36.9 Å². The van der Waals surface area contributed by atoms with Gasteiger partial charge in [0.25, 0.3) is 0 Å². The van der Waals surface area contributed by atoms with E-state index >= 15 is 0 Å². The Labute approximate surface area is 207 Å². The van der Waals surface area contributed by atoms with Gasteiger partial charge >= 0.3 is 0 Å². The number of pyridine rings is 2. The van der Waals surface area contributed by atoms with E-state index in [-0.39, 0.29) is 16.6 Å². The highest BCUT2D eigenvalue weighted by atomic mass is 79.9. The van der Waals surface area contributed by atoms with E-state index in [0.29, 0.717) is 25.1 Å². The van der Waals surface area contributed by atoms with Crippen LogP contribution >= 0.6 is 27.5 Å². The van der Waals surface area contributed by atoms with Crippen molar-refractivity contribution in [2.45, 2.75) is 44.2 Å². The summed E-state index contributed by atoms with van der Waals surface area (Å²) >= 11 is 9.33. The molecular weight excluding hydrogens is 507 g/mol. The molecule has 4 rings (SSSR count). The third-order valence-corrected chi connectivity index (χ3v) is 6.54. The molecule has 0 amide bonds. The summed E-state index contributed by atoms with van der Waals surface area (Å²) in [5, 5.41) is 20.3. The smallest absolute Gasteiger partial charge is 0.144 e. The van der Waals surface area contributed by atoms with Gasteiger partial charge in [-0.25, -0.2) is 4.39 Å². The summed E-state index contributed by atoms with van der Waals surface area (Å²) in [5.74, 6) is -0.619. The Balaban J connectivity index is 0.000000374. The van der Waals surface area contributed by atoms with Gasteiger partial charge in [0.1, 0.15) is 17.4 Å². The first-order valence-electron chi connectivity index (χ1n) is 10.7. The minimum Gasteiger partial charge on any atom is -0.385 e. The highest BCUT2D eigenvalue weighted by Crippen LogP contribution is 2.40. The van der Waals surface area contributed by atoms with Crippen molar-refractivity contribution < 1.29 is 9.50 Å². The van der Waals surface area contributed by atoms with Crippen LogP contribution in [0.1, 0.15) is 43.7 Å². The largest absolute Gasteiger partial charge is 0.385 e. The van der Waals surface area contributed by atoms with Crippen LogP contribution < -0.4 is 4.90 Å². The maximum absolute atomic E-state index is 14.2. The van der Waals surface area contributed by atoms with E-state index < -0.39 is 11.4 Å². The maximum Gasteiger partial charge on any atom is 0.144 e. The predicted octanol–water partition coefficient (Wildman–Crippen LogP) is 6.25. The van der Waals surface area contributed by atoms with E-state index in [1.165, 1.54) is 6.07 Å². The molecule has 0 saturated heterocycles. The van der Waals surface area contributed by atoms with Crippen LogP contribution in [-0.4, -0.2) is 27.7 Å². The minimum atomic E-state index is -0.945. The molecule has 1 N–H and O–H groups in total. The number of hydrogen-bond donors (Lipinski definition) is 1. The predicted molar refractivity (Wildman–Crippen MR) is 131 cm³/mol. The SMILES string of the molecule is Brc1cccnc1.CCN(c1cc(F)c(C#N)c(Cl)c1)C1CCCC(O)(c2cccnc2)C1. The van der Waals surface area contributed by atoms with Gasteiger partial charge in [0, 0.05) is 59.5 Å². The first-order valence-corrected chi connectivity index (χ1v) is 11.9. The van der Waals surface area contributed by atoms with Gasteiger partial charge in [0.15, 0.2) is 0 Å². The fourth-order valence-corrected chi connectivity index (χ4v) is 4.73. The van der Waals surface area contributed by atoms with Gasteiger partial charge in [-0.2, -0.15) is 5.26 Å². The molecular formula is C25H25BrClFN4O. The van der Waals surface area contributed by atoms with Crippen molar-refractivity contribution in [3.05, 3.63) is 87.6 Å². The number of aliphatic hydroxyl groups is 1. The molecule has 2 atom stereocenters. The Morgan fingerprint density at radius 3 is 2.52 bits per heavy atom. The fraction of sp³-hybridized carbons (Fsp3) is 0.320. The lowest BCUT2D eigenvalue weighted by molar-refractivity contribution is -0.00851. The molecule has 2 unspecified atom stereocenters. The Morgan fingerprint density at radius 1 is 1.27 bits per heavy atom. The van der Waals surface area contributed by atoms with Gasteiger partial charge in [-0.15, -0.1) is 0 Å². The molecule has 5 nitrogen and oxygen atoms in total. The Kier molecular flexibility index (Phi) is 8.79. The standard InChI is InChI=1S/C20H21ClFN3O.C5H4BrN/c1-2-25(16-9-18(21)17(12-23)19(22)10-16)15-6-3-7-20(26,11-15)14-5-4-8-24-13-14;6-5-2-1-3-7-4-5/h4-5,8-10,13,15,26H,2-3,6-7,11H2,1H3;1-4H. The molecule has 0 spiro atoms. The molecule has 8 heteroatoms. The van der Waals surface area contributed by atoms with Crippen LogP contribution in [0.15, 0.2) is 65.7 Å². The van der Waals surface area contributed by atoms with Gasteiger partial charge in [0.2, 0.25) is 0 Å². The van der Waals surface area contributed by atoms with Gasteiger partial charge in [0.05, 0.1) is 10.6 Å². The molecule has 1 aliphatic carbocycles. The lowest BCUT2D eigenvalue weighted by Crippen LogP contribution is -2.45. The van der Waals surface area contributed by atoms with Gasteiger partial charge < -0.3 is 10.0 Å². The van der Waals surface area contributed by atoms with Crippen molar-refractivity contribution in [2.24, 2.45) is 0 Å². The number of rotatable bonds is 4. The Morgan fingerprint density at radius 2 is 2.00 bits per heavy atom. The van der Waals surface area contributed by atoms with Crippen molar-refractivity contribution in [2.75, 3.05) is 11.4 Å². The normalized spacial score (nSPS) is 19.7. The van der Waals surface area contributed by atoms with Crippen molar-refractivity contribution >= 4 is 33.2 Å². The van der Waals surface area contributed by atoms with Crippen LogP contribution in [-0.2, 0) is 5.60 Å². The van der Waals surface area contributed by atoms with Crippen molar-refractivity contribution in [1.82, 2.24) is 9.97 Å². The topological polar surface area (TPSA) is 73.0 Å². The number of aromatic nitrogens is 2. The number of hydrogen-bond acceptors (Lipinski definition) is 5. The highest BCUT2D eigenvalue weighted by molar-refractivity contribution is 9.10. The maximum atomic E-state index is 14.2. The van der Waals surface area contributed by atoms with Crippen LogP contribution in [0.2, 0.25) is 5.02 Å². The fourth-order valence-electron chi connectivity index (χ4n) is 4.22. The van der Waals surface area contributed by atoms with Gasteiger partial charge in [-0.3, -0.25) is 9.97 Å². The zero-order valence-corrected chi connectivity index (χ0v) is 20.6. The minimum absolute atomic E-state index is 0.0439. The van der Waals surface area contributed by atoms with Crippen molar-refractivity contribution in [1.29, 1.82) is 5.26 Å². The summed E-state index contributed by atoms with van der Waals surface area (Å²) in [6, 6.07) is 12.3. The zero-order valence-electron chi connectivity index (χ0n) is 18.3. The van der Waals surface area contributed by atoms with Crippen LogP contribution in [0, 0.1) is 17.1 Å². The van der Waals surface area contributed by atoms with E-state index in [2.05, 4.69) is 30.8 Å². The summed E-state index contributed by atoms with van der Waals surface area (Å²) in [5.41, 5.74) is 0.362. The number of anilines is 1. The monoisotopic (exact) mass is 530 g/mol. The third-order valence-electron chi connectivity index (χ3n) is 5.78. The molecule has 1 saturated carbocycles. The zero-order chi connectivity index (χ0) is 23.8. The first-order chi connectivity index (χ1) is 15.9. The molecule has 0 bridgehead atoms. The van der Waals surface area contributed by atoms with E-state index in [4.69, 9.17) is 16.9 Å². The number of benzene rings is 1. The molecule has 0 aliphatic heterocycles. The summed E-state index contributed by atoms with van der Waals surface area (Å²) in [6.45, 7) is 2.64. The third kappa shape index (κ3) is 6.29. The summed E-state index contributed by atoms with van der Waals surface area (Å²) < 4.78 is 15.2. The van der Waals surface area contributed by atoms with E-state index in [1.807, 2.05) is 31.2 Å². The molecule has 2 heterocycles. The number of nitriles is 1. The molecule has 0 radical (unpaired) electrons. The van der Waals surface area contributed by atoms with Gasteiger partial charge in [-0.1, -0.05) is 17.7 Å². The molecule has 172 valence electrons. The highest BCUT2D eigenvalue weighted by Gasteiger charge is 2.38. The average Bonchev–Trinajstić information content (AvgIpc) is 2.81. The average molecular weight is 532 g/mol. The quantitative estimate of drug-likeness (QED) is 0.431. The molecule has 1 aromatic carbocycles. The summed E-state index contributed by atoms with van der Waals surface area (Å²) in [4.78, 5) is 10.0. The summed E-state index contributed by atoms with van der Waals surface area (Å²) in [7, 11) is 0. The summed E-state index contributed by atoms with van der Waals surface area (Å²) in [6.07, 6.45) is 9.85. The Hall–Kier alpha value is -2.53. The van der Waals surface area contributed by atoms with Crippen LogP contribution in [0.25, 0.3) is 0 Å². The van der Waals surface area contributed by atoms with Crippen LogP contribution in [0.3, 0.4) is 0 Å². The molecule has 3 aromatic rings. The molecule has 1 aliphatic rings. The van der Waals surface area contributed by atoms with Crippen LogP contribution in [0.4, 0.5) is 10.1 Å². The van der Waals surface area contributed by atoms with E-state index in [9.17, 15) is 9.50 Å². The number of nitrogens with zero attached hydrogens (tertiary/aromatic N) is 4. The second kappa shape index (κ2) is 11.6. The lowest BCUT2D eigenvalue weighted by atomic mass is 9.77. The van der Waals surface area contributed by atoms with Crippen molar-refractivity contribution in [3.8, 4) is 6.07 Å².